The number of hydrogen-bond donors (Lipinski definition) is 1. The number of aryl methyl sites for hydroxylation is 1. The van der Waals surface area contributed by atoms with Crippen LogP contribution >= 0.6 is 0 Å². The van der Waals surface area contributed by atoms with Crippen LogP contribution in [0.3, 0.4) is 0 Å². The minimum absolute atomic E-state index is 0.105. The summed E-state index contributed by atoms with van der Waals surface area (Å²) in [6.45, 7) is 9.88. The maximum absolute atomic E-state index is 5.91. The molecular formula is C18H24N2O. The van der Waals surface area contributed by atoms with Crippen molar-refractivity contribution in [3.05, 3.63) is 59.4 Å². The highest BCUT2D eigenvalue weighted by molar-refractivity contribution is 5.29. The lowest BCUT2D eigenvalue weighted by Gasteiger charge is -2.21. The van der Waals surface area contributed by atoms with E-state index in [9.17, 15) is 0 Å². The van der Waals surface area contributed by atoms with E-state index in [1.54, 1.807) is 6.20 Å². The molecule has 1 aromatic heterocycles. The van der Waals surface area contributed by atoms with Gasteiger partial charge in [0.2, 0.25) is 0 Å². The van der Waals surface area contributed by atoms with Crippen LogP contribution in [0.2, 0.25) is 0 Å². The van der Waals surface area contributed by atoms with Gasteiger partial charge in [0, 0.05) is 18.3 Å². The predicted molar refractivity (Wildman–Crippen MR) is 86.3 cm³/mol. The van der Waals surface area contributed by atoms with Gasteiger partial charge in [-0.2, -0.15) is 0 Å². The molecule has 2 aromatic rings. The summed E-state index contributed by atoms with van der Waals surface area (Å²) in [5.74, 6) is 0.844. The highest BCUT2D eigenvalue weighted by Gasteiger charge is 2.10. The minimum atomic E-state index is 0.105. The van der Waals surface area contributed by atoms with E-state index < -0.39 is 0 Å². The first-order chi connectivity index (χ1) is 9.96. The first-order valence-electron chi connectivity index (χ1n) is 7.32. The third-order valence-electron chi connectivity index (χ3n) is 3.27. The second-order valence-electron chi connectivity index (χ2n) is 6.25. The lowest BCUT2D eigenvalue weighted by atomic mass is 10.1. The van der Waals surface area contributed by atoms with Gasteiger partial charge in [-0.25, -0.2) is 0 Å². The van der Waals surface area contributed by atoms with Crippen molar-refractivity contribution in [2.75, 3.05) is 0 Å². The molecule has 0 aliphatic heterocycles. The van der Waals surface area contributed by atoms with E-state index in [4.69, 9.17) is 4.74 Å². The van der Waals surface area contributed by atoms with Crippen LogP contribution in [0, 0.1) is 6.92 Å². The van der Waals surface area contributed by atoms with Crippen LogP contribution in [0.5, 0.6) is 5.75 Å². The van der Waals surface area contributed by atoms with Crippen molar-refractivity contribution in [2.24, 2.45) is 0 Å². The standard InChI is InChI=1S/C18H24N2O/c1-14-17(10-7-11-19-14)21-13-16-9-6-5-8-15(16)12-20-18(2,3)4/h5-11,20H,12-13H2,1-4H3. The van der Waals surface area contributed by atoms with Crippen LogP contribution in [0.25, 0.3) is 0 Å². The van der Waals surface area contributed by atoms with Crippen molar-refractivity contribution in [3.63, 3.8) is 0 Å². The average molecular weight is 284 g/mol. The maximum Gasteiger partial charge on any atom is 0.141 e. The summed E-state index contributed by atoms with van der Waals surface area (Å²) in [5, 5.41) is 3.52. The Kier molecular flexibility index (Phi) is 4.97. The number of ether oxygens (including phenoxy) is 1. The Morgan fingerprint density at radius 2 is 1.76 bits per heavy atom. The van der Waals surface area contributed by atoms with Crippen LogP contribution in [0.1, 0.15) is 37.6 Å². The summed E-state index contributed by atoms with van der Waals surface area (Å²) in [5.41, 5.74) is 3.50. The molecule has 0 saturated heterocycles. The number of nitrogens with zero attached hydrogens (tertiary/aromatic N) is 1. The molecule has 0 spiro atoms. The summed E-state index contributed by atoms with van der Waals surface area (Å²) in [4.78, 5) is 4.25. The van der Waals surface area contributed by atoms with Crippen molar-refractivity contribution in [1.82, 2.24) is 10.3 Å². The molecule has 0 radical (unpaired) electrons. The summed E-state index contributed by atoms with van der Waals surface area (Å²) in [6.07, 6.45) is 1.78. The molecule has 1 N–H and O–H groups in total. The molecule has 2 rings (SSSR count). The van der Waals surface area contributed by atoms with Crippen molar-refractivity contribution in [1.29, 1.82) is 0 Å². The van der Waals surface area contributed by atoms with Gasteiger partial charge in [-0.1, -0.05) is 24.3 Å². The highest BCUT2D eigenvalue weighted by atomic mass is 16.5. The van der Waals surface area contributed by atoms with E-state index >= 15 is 0 Å². The van der Waals surface area contributed by atoms with Gasteiger partial charge in [0.25, 0.3) is 0 Å². The van der Waals surface area contributed by atoms with Crippen molar-refractivity contribution >= 4 is 0 Å². The number of benzene rings is 1. The topological polar surface area (TPSA) is 34.1 Å². The van der Waals surface area contributed by atoms with Gasteiger partial charge in [0.15, 0.2) is 0 Å². The van der Waals surface area contributed by atoms with Gasteiger partial charge >= 0.3 is 0 Å². The van der Waals surface area contributed by atoms with Gasteiger partial charge in [-0.05, 0) is 51.0 Å². The fourth-order valence-electron chi connectivity index (χ4n) is 2.01. The number of nitrogens with one attached hydrogen (secondary N) is 1. The summed E-state index contributed by atoms with van der Waals surface area (Å²) >= 11 is 0. The quantitative estimate of drug-likeness (QED) is 0.905. The number of pyridine rings is 1. The zero-order valence-electron chi connectivity index (χ0n) is 13.3. The van der Waals surface area contributed by atoms with Crippen LogP contribution in [0.4, 0.5) is 0 Å². The fourth-order valence-corrected chi connectivity index (χ4v) is 2.01. The van der Waals surface area contributed by atoms with Crippen LogP contribution in [-0.2, 0) is 13.2 Å². The lowest BCUT2D eigenvalue weighted by molar-refractivity contribution is 0.300. The molecule has 1 aromatic carbocycles. The fraction of sp³-hybridized carbons (Fsp3) is 0.389. The first kappa shape index (κ1) is 15.5. The molecule has 0 aliphatic rings. The highest BCUT2D eigenvalue weighted by Crippen LogP contribution is 2.18. The van der Waals surface area contributed by atoms with Crippen LogP contribution < -0.4 is 10.1 Å². The molecule has 112 valence electrons. The third kappa shape index (κ3) is 4.87. The summed E-state index contributed by atoms with van der Waals surface area (Å²) in [6, 6.07) is 12.2. The van der Waals surface area contributed by atoms with E-state index in [2.05, 4.69) is 55.3 Å². The van der Waals surface area contributed by atoms with E-state index in [1.165, 1.54) is 11.1 Å². The molecule has 3 heteroatoms. The van der Waals surface area contributed by atoms with Gasteiger partial charge in [-0.15, -0.1) is 0 Å². The normalized spacial score (nSPS) is 11.4. The first-order valence-corrected chi connectivity index (χ1v) is 7.32. The SMILES string of the molecule is Cc1ncccc1OCc1ccccc1CNC(C)(C)C. The van der Waals surface area contributed by atoms with Crippen LogP contribution in [-0.4, -0.2) is 10.5 Å². The summed E-state index contributed by atoms with van der Waals surface area (Å²) in [7, 11) is 0. The Balaban J connectivity index is 2.05. The number of hydrogen-bond acceptors (Lipinski definition) is 3. The Bertz CT molecular complexity index is 588. The third-order valence-corrected chi connectivity index (χ3v) is 3.27. The van der Waals surface area contributed by atoms with Gasteiger partial charge in [0.1, 0.15) is 12.4 Å². The molecule has 0 bridgehead atoms. The van der Waals surface area contributed by atoms with Gasteiger partial charge in [0.05, 0.1) is 5.69 Å². The van der Waals surface area contributed by atoms with E-state index in [0.29, 0.717) is 6.61 Å². The molecule has 0 fully saturated rings. The number of rotatable bonds is 5. The summed E-state index contributed by atoms with van der Waals surface area (Å²) < 4.78 is 5.91. The van der Waals surface area contributed by atoms with Crippen molar-refractivity contribution < 1.29 is 4.74 Å². The second-order valence-corrected chi connectivity index (χ2v) is 6.25. The molecule has 0 saturated carbocycles. The monoisotopic (exact) mass is 284 g/mol. The molecule has 21 heavy (non-hydrogen) atoms. The molecule has 0 amide bonds. The molecule has 0 atom stereocenters. The smallest absolute Gasteiger partial charge is 0.141 e. The van der Waals surface area contributed by atoms with E-state index in [1.807, 2.05) is 19.1 Å². The largest absolute Gasteiger partial charge is 0.487 e. The zero-order chi connectivity index (χ0) is 15.3. The molecule has 0 aliphatic carbocycles. The number of aromatic nitrogens is 1. The Morgan fingerprint density at radius 3 is 2.43 bits per heavy atom. The lowest BCUT2D eigenvalue weighted by Crippen LogP contribution is -2.35. The van der Waals surface area contributed by atoms with Gasteiger partial charge < -0.3 is 10.1 Å². The van der Waals surface area contributed by atoms with Crippen molar-refractivity contribution in [3.8, 4) is 5.75 Å². The molecule has 3 nitrogen and oxygen atoms in total. The maximum atomic E-state index is 5.91. The Labute approximate surface area is 127 Å². The minimum Gasteiger partial charge on any atom is -0.487 e. The Hall–Kier alpha value is -1.87. The van der Waals surface area contributed by atoms with E-state index in [0.717, 1.165) is 18.0 Å². The van der Waals surface area contributed by atoms with Gasteiger partial charge in [-0.3, -0.25) is 4.98 Å². The molecular weight excluding hydrogens is 260 g/mol. The average Bonchev–Trinajstić information content (AvgIpc) is 2.44. The second kappa shape index (κ2) is 6.72. The Morgan fingerprint density at radius 1 is 1.05 bits per heavy atom. The predicted octanol–water partition coefficient (Wildman–Crippen LogP) is 3.86. The zero-order valence-corrected chi connectivity index (χ0v) is 13.3. The molecule has 0 unspecified atom stereocenters. The van der Waals surface area contributed by atoms with Crippen molar-refractivity contribution in [2.45, 2.75) is 46.4 Å². The molecule has 1 heterocycles. The van der Waals surface area contributed by atoms with Crippen LogP contribution in [0.15, 0.2) is 42.6 Å². The van der Waals surface area contributed by atoms with E-state index in [-0.39, 0.29) is 5.54 Å².